The third kappa shape index (κ3) is 15.2. The Morgan fingerprint density at radius 1 is 0.769 bits per heavy atom. The minimum absolute atomic E-state index is 0. The van der Waals surface area contributed by atoms with E-state index in [0.717, 1.165) is 29.2 Å². The van der Waals surface area contributed by atoms with Crippen molar-refractivity contribution in [2.75, 3.05) is 7.11 Å². The van der Waals surface area contributed by atoms with E-state index in [1.54, 1.807) is 7.11 Å². The van der Waals surface area contributed by atoms with Gasteiger partial charge < -0.3 is 10.2 Å². The van der Waals surface area contributed by atoms with Gasteiger partial charge in [0.2, 0.25) is 0 Å². The number of ether oxygens (including phenoxy) is 3. The van der Waals surface area contributed by atoms with Gasteiger partial charge in [-0.2, -0.15) is 0 Å². The summed E-state index contributed by atoms with van der Waals surface area (Å²) in [6.07, 6.45) is 1.34. The van der Waals surface area contributed by atoms with Crippen molar-refractivity contribution in [2.24, 2.45) is 23.7 Å². The number of hydrogen-bond acceptors (Lipinski definition) is 6. The second-order valence-corrected chi connectivity index (χ2v) is 13.7. The van der Waals surface area contributed by atoms with Crippen molar-refractivity contribution in [3.63, 3.8) is 0 Å². The monoisotopic (exact) mass is 688 g/mol. The summed E-state index contributed by atoms with van der Waals surface area (Å²) in [5.74, 6) is 4.38. The molecule has 0 aromatic carbocycles. The molecule has 4 unspecified atom stereocenters. The van der Waals surface area contributed by atoms with Crippen LogP contribution in [0, 0.1) is 23.7 Å². The second kappa shape index (κ2) is 22.0. The summed E-state index contributed by atoms with van der Waals surface area (Å²) in [7, 11) is 1.62. The van der Waals surface area contributed by atoms with Gasteiger partial charge in [0.15, 0.2) is 0 Å². The number of methoxy groups -OCH3 is 1. The van der Waals surface area contributed by atoms with Gasteiger partial charge in [0.1, 0.15) is 0 Å². The molecule has 0 aliphatic carbocycles. The number of rotatable bonds is 8. The second-order valence-electron chi connectivity index (χ2n) is 10.6. The van der Waals surface area contributed by atoms with Gasteiger partial charge in [-0.15, -0.1) is 0 Å². The van der Waals surface area contributed by atoms with Crippen LogP contribution in [0.2, 0.25) is 0 Å². The molecular weight excluding hydrogens is 626 g/mol. The molecule has 0 bridgehead atoms. The number of fused-ring (bicyclic) bond motifs is 1. The zero-order valence-corrected chi connectivity index (χ0v) is 26.9. The van der Waals surface area contributed by atoms with Crippen molar-refractivity contribution in [3.05, 3.63) is 25.3 Å². The molecule has 1 aliphatic heterocycles. The third-order valence-electron chi connectivity index (χ3n) is 6.22. The first-order chi connectivity index (χ1) is 16.9. The molecule has 0 radical (unpaired) electrons. The Labute approximate surface area is 252 Å². The van der Waals surface area contributed by atoms with Gasteiger partial charge >= 0.3 is 163 Å². The first kappa shape index (κ1) is 42.7. The molecule has 232 valence electrons. The molecule has 2 aromatic heterocycles. The van der Waals surface area contributed by atoms with Gasteiger partial charge in [-0.05, 0) is 18.3 Å². The van der Waals surface area contributed by atoms with Gasteiger partial charge in [0.25, 0.3) is 0 Å². The molecule has 0 saturated heterocycles. The Kier molecular flexibility index (Phi) is 24.1. The maximum atomic E-state index is 9.39. The molecule has 0 fully saturated rings. The molecule has 1 aliphatic rings. The fourth-order valence-electron chi connectivity index (χ4n) is 3.31. The molecule has 2 aromatic rings. The quantitative estimate of drug-likeness (QED) is 0.275. The zero-order chi connectivity index (χ0) is 27.4. The van der Waals surface area contributed by atoms with Crippen LogP contribution in [-0.4, -0.2) is 75.9 Å². The first-order valence-electron chi connectivity index (χ1n) is 12.9. The van der Waals surface area contributed by atoms with Crippen LogP contribution in [0.25, 0.3) is 0 Å². The summed E-state index contributed by atoms with van der Waals surface area (Å²) in [5.41, 5.74) is 0.928. The van der Waals surface area contributed by atoms with Crippen LogP contribution < -0.4 is 14.2 Å². The fraction of sp³-hybridized carbons (Fsp3) is 0.742. The summed E-state index contributed by atoms with van der Waals surface area (Å²) in [6.45, 7) is 16.8. The van der Waals surface area contributed by atoms with E-state index < -0.39 is 0 Å². The van der Waals surface area contributed by atoms with Crippen molar-refractivity contribution >= 4 is 29.0 Å². The van der Waals surface area contributed by atoms with Crippen LogP contribution in [0.4, 0.5) is 0 Å². The van der Waals surface area contributed by atoms with E-state index in [9.17, 15) is 10.2 Å². The van der Waals surface area contributed by atoms with Crippen molar-refractivity contribution in [1.29, 1.82) is 0 Å². The Morgan fingerprint density at radius 2 is 1.18 bits per heavy atom. The topological polar surface area (TPSA) is 88.4 Å². The van der Waals surface area contributed by atoms with Crippen molar-refractivity contribution in [2.45, 2.75) is 122 Å². The summed E-state index contributed by atoms with van der Waals surface area (Å²) >= 11 is 0.828. The zero-order valence-electron chi connectivity index (χ0n) is 23.4. The molecule has 4 atom stereocenters. The Hall–Kier alpha value is -0.721. The molecule has 0 amide bonds. The average Bonchev–Trinajstić information content (AvgIpc) is 3.43. The van der Waals surface area contributed by atoms with Crippen molar-refractivity contribution < 1.29 is 29.5 Å². The third-order valence-corrected chi connectivity index (χ3v) is 9.30. The summed E-state index contributed by atoms with van der Waals surface area (Å²) in [4.78, 5) is 8.39. The number of aliphatic hydroxyl groups excluding tert-OH is 3. The normalized spacial score (nSPS) is 17.3. The maximum absolute atomic E-state index is 9.39. The van der Waals surface area contributed by atoms with E-state index in [0.29, 0.717) is 59.5 Å². The molecule has 3 N–H and O–H groups in total. The molecule has 8 heteroatoms. The fourth-order valence-corrected chi connectivity index (χ4v) is 6.36. The molecule has 6 nitrogen and oxygen atoms in total. The van der Waals surface area contributed by atoms with Crippen molar-refractivity contribution in [3.8, 4) is 17.2 Å². The van der Waals surface area contributed by atoms with Crippen LogP contribution in [0.1, 0.15) is 96.1 Å². The van der Waals surface area contributed by atoms with Gasteiger partial charge in [-0.25, -0.2) is 0 Å². The number of aliphatic hydroxyl groups is 3. The minimum atomic E-state index is -0.368. The van der Waals surface area contributed by atoms with E-state index in [4.69, 9.17) is 19.3 Å². The standard InChI is InChI=1S/C13H20O2Se.C9H20O2.C6H8O2Se.3CH4/c1-8(2)10-5-11(9(3)4)15-13-7-16-6-12(13)14-10;1-6(2)8(10)5-9(11)7(3)4;1-8-6-4-9-3-5(6)2-7;;;/h6-11H,5H2,1-4H3;6-11H,5H2,1-4H3;3-4,7H,2H2,1H3;3*1H4. The van der Waals surface area contributed by atoms with Gasteiger partial charge in [0.05, 0.1) is 12.2 Å². The van der Waals surface area contributed by atoms with Gasteiger partial charge in [0, 0.05) is 0 Å². The first-order valence-corrected chi connectivity index (χ1v) is 16.8. The molecule has 0 saturated carbocycles. The molecular formula is C31H60O6Se2. The predicted molar refractivity (Wildman–Crippen MR) is 169 cm³/mol. The van der Waals surface area contributed by atoms with E-state index in [2.05, 4.69) is 37.6 Å². The SMILES string of the molecule is C.C.C.CC(C)C(O)CC(O)C(C)C.CC(C)C1CC(C(C)C)Oc2c[se]cc2O1.COc1c[se]cc1CO. The number of hydrogen-bond donors (Lipinski definition) is 3. The van der Waals surface area contributed by atoms with Crippen LogP contribution in [0.5, 0.6) is 17.2 Å². The molecule has 39 heavy (non-hydrogen) atoms. The Bertz CT molecular complexity index is 770. The predicted octanol–water partition coefficient (Wildman–Crippen LogP) is 6.52. The van der Waals surface area contributed by atoms with E-state index >= 15 is 0 Å². The van der Waals surface area contributed by atoms with Crippen LogP contribution in [0.3, 0.4) is 0 Å². The summed E-state index contributed by atoms with van der Waals surface area (Å²) in [6, 6.07) is 0. The van der Waals surface area contributed by atoms with Crippen LogP contribution >= 0.6 is 0 Å². The van der Waals surface area contributed by atoms with Gasteiger partial charge in [-0.3, -0.25) is 0 Å². The van der Waals surface area contributed by atoms with Crippen molar-refractivity contribution in [1.82, 2.24) is 0 Å². The molecule has 3 rings (SSSR count). The Balaban J connectivity index is -0.000000503. The Morgan fingerprint density at radius 3 is 1.49 bits per heavy atom. The average molecular weight is 687 g/mol. The van der Waals surface area contributed by atoms with Crippen LogP contribution in [0.15, 0.2) is 19.8 Å². The van der Waals surface area contributed by atoms with E-state index in [-0.39, 0.29) is 52.9 Å². The van der Waals surface area contributed by atoms with E-state index in [1.165, 1.54) is 0 Å². The molecule has 0 spiro atoms. The van der Waals surface area contributed by atoms with E-state index in [1.807, 2.05) is 37.6 Å². The van der Waals surface area contributed by atoms with Gasteiger partial charge in [-0.1, -0.05) is 50.0 Å². The molecule has 3 heterocycles. The summed E-state index contributed by atoms with van der Waals surface area (Å²) in [5, 5.41) is 27.5. The van der Waals surface area contributed by atoms with Crippen LogP contribution in [-0.2, 0) is 6.61 Å². The summed E-state index contributed by atoms with van der Waals surface area (Å²) < 4.78 is 17.1.